The normalized spacial score (nSPS) is 12.1. The van der Waals surface area contributed by atoms with E-state index in [1.54, 1.807) is 0 Å². The first-order chi connectivity index (χ1) is 48.5. The summed E-state index contributed by atoms with van der Waals surface area (Å²) in [6.45, 7) is 0.112. The fraction of sp³-hybridized carbons (Fsp3) is 0.0115. The van der Waals surface area contributed by atoms with Crippen molar-refractivity contribution >= 4 is 85.0 Å². The molecule has 0 saturated carbocycles. The Kier molecular flexibility index (Phi) is 14.3. The van der Waals surface area contributed by atoms with Crippen LogP contribution in [0.5, 0.6) is 0 Å². The summed E-state index contributed by atoms with van der Waals surface area (Å²) in [6, 6.07) is 115. The molecule has 0 N–H and O–H groups in total. The van der Waals surface area contributed by atoms with Gasteiger partial charge in [-0.2, -0.15) is 0 Å². The molecule has 3 aromatic heterocycles. The van der Waals surface area contributed by atoms with Gasteiger partial charge in [-0.25, -0.2) is 29.7 Å². The van der Waals surface area contributed by atoms with Gasteiger partial charge < -0.3 is 19.1 Å². The summed E-state index contributed by atoms with van der Waals surface area (Å²) < 4.78 is 8.15. The molecule has 0 radical (unpaired) electrons. The third-order valence-electron chi connectivity index (χ3n) is 18.8. The van der Waals surface area contributed by atoms with Crippen LogP contribution in [0.4, 0.5) is 34.1 Å². The second-order valence-electron chi connectivity index (χ2n) is 24.6. The molecular formula is C87H57BN8O2. The van der Waals surface area contributed by atoms with Crippen molar-refractivity contribution in [2.24, 2.45) is 0 Å². The zero-order valence-electron chi connectivity index (χ0n) is 52.9. The first kappa shape index (κ1) is 57.5. The number of benzene rings is 13. The van der Waals surface area contributed by atoms with E-state index in [0.29, 0.717) is 34.4 Å². The van der Waals surface area contributed by atoms with Crippen molar-refractivity contribution in [3.05, 3.63) is 345 Å². The number of nitrogens with zero attached hydrogens (tertiary/aromatic N) is 8. The lowest BCUT2D eigenvalue weighted by molar-refractivity contribution is 0.0473. The summed E-state index contributed by atoms with van der Waals surface area (Å²) in [6.07, 6.45) is 0. The largest absolute Gasteiger partial charge is 0.457 e. The topological polar surface area (TPSA) is 102 Å². The Hall–Kier alpha value is -13.1. The average molecular weight is 1260 g/mol. The average Bonchev–Trinajstić information content (AvgIpc) is 0.841. The van der Waals surface area contributed by atoms with Crippen LogP contribution in [0.1, 0.15) is 15.9 Å². The molecule has 11 heteroatoms. The number of esters is 1. The Balaban J connectivity index is 0.827. The van der Waals surface area contributed by atoms with Crippen molar-refractivity contribution in [2.45, 2.75) is 6.61 Å². The smallest absolute Gasteiger partial charge is 0.338 e. The molecule has 13 aromatic carbocycles. The van der Waals surface area contributed by atoms with Crippen LogP contribution >= 0.6 is 0 Å². The summed E-state index contributed by atoms with van der Waals surface area (Å²) in [5, 5.41) is 1.84. The molecule has 5 heterocycles. The highest BCUT2D eigenvalue weighted by Crippen LogP contribution is 2.48. The molecule has 0 aliphatic carbocycles. The van der Waals surface area contributed by atoms with E-state index in [0.717, 1.165) is 118 Å². The lowest BCUT2D eigenvalue weighted by Gasteiger charge is -2.45. The maximum atomic E-state index is 13.9. The van der Waals surface area contributed by atoms with Gasteiger partial charge in [0.25, 0.3) is 6.71 Å². The van der Waals surface area contributed by atoms with Crippen LogP contribution in [0.3, 0.4) is 0 Å². The highest BCUT2D eigenvalue weighted by Gasteiger charge is 2.44. The summed E-state index contributed by atoms with van der Waals surface area (Å²) in [5.41, 5.74) is 23.2. The minimum Gasteiger partial charge on any atom is -0.457 e. The highest BCUT2D eigenvalue weighted by molar-refractivity contribution is 7.00. The third-order valence-corrected chi connectivity index (χ3v) is 18.8. The van der Waals surface area contributed by atoms with Gasteiger partial charge in [0.2, 0.25) is 0 Å². The zero-order chi connectivity index (χ0) is 65.0. The minimum absolute atomic E-state index is 0.0470. The van der Waals surface area contributed by atoms with E-state index in [1.807, 2.05) is 127 Å². The van der Waals surface area contributed by atoms with Crippen molar-refractivity contribution in [3.8, 4) is 84.9 Å². The number of fused-ring (bicyclic) bond motifs is 7. The number of para-hydroxylation sites is 5. The predicted octanol–water partition coefficient (Wildman–Crippen LogP) is 18.9. The van der Waals surface area contributed by atoms with Gasteiger partial charge in [-0.05, 0) is 119 Å². The highest BCUT2D eigenvalue weighted by atomic mass is 16.5. The molecule has 10 nitrogen and oxygen atoms in total. The summed E-state index contributed by atoms with van der Waals surface area (Å²) in [5.74, 6) is 1.57. The van der Waals surface area contributed by atoms with Gasteiger partial charge in [0.15, 0.2) is 23.3 Å². The number of carbonyl (C=O) groups excluding carboxylic acids is 1. The Labute approximate surface area is 566 Å². The molecule has 0 fully saturated rings. The predicted molar refractivity (Wildman–Crippen MR) is 397 cm³/mol. The molecule has 0 unspecified atom stereocenters. The van der Waals surface area contributed by atoms with E-state index in [1.165, 1.54) is 16.4 Å². The van der Waals surface area contributed by atoms with E-state index in [4.69, 9.17) is 29.7 Å². The fourth-order valence-corrected chi connectivity index (χ4v) is 14.3. The quantitative estimate of drug-likeness (QED) is 0.0825. The number of hydrogen-bond acceptors (Lipinski definition) is 9. The molecule has 0 spiro atoms. The van der Waals surface area contributed by atoms with E-state index in [-0.39, 0.29) is 13.3 Å². The maximum Gasteiger partial charge on any atom is 0.338 e. The van der Waals surface area contributed by atoms with Crippen molar-refractivity contribution in [1.82, 2.24) is 29.5 Å². The van der Waals surface area contributed by atoms with E-state index < -0.39 is 5.97 Å². The molecule has 0 saturated heterocycles. The number of carbonyl (C=O) groups is 1. The van der Waals surface area contributed by atoms with Gasteiger partial charge >= 0.3 is 5.97 Å². The lowest BCUT2D eigenvalue weighted by Crippen LogP contribution is -2.61. The molecule has 460 valence electrons. The van der Waals surface area contributed by atoms with Crippen molar-refractivity contribution in [1.29, 1.82) is 0 Å². The first-order valence-electron chi connectivity index (χ1n) is 32.9. The Morgan fingerprint density at radius 2 is 0.816 bits per heavy atom. The van der Waals surface area contributed by atoms with Gasteiger partial charge in [-0.1, -0.05) is 243 Å². The second-order valence-corrected chi connectivity index (χ2v) is 24.6. The molecule has 16 aromatic rings. The molecule has 0 atom stereocenters. The zero-order valence-corrected chi connectivity index (χ0v) is 52.9. The second kappa shape index (κ2) is 24.3. The number of hydrogen-bond donors (Lipinski definition) is 0. The molecule has 2 aliphatic heterocycles. The van der Waals surface area contributed by atoms with Gasteiger partial charge in [0, 0.05) is 78.2 Å². The fourth-order valence-electron chi connectivity index (χ4n) is 14.3. The van der Waals surface area contributed by atoms with Gasteiger partial charge in [-0.3, -0.25) is 0 Å². The van der Waals surface area contributed by atoms with E-state index in [9.17, 15) is 4.79 Å². The number of aromatic nitrogens is 6. The van der Waals surface area contributed by atoms with E-state index >= 15 is 0 Å². The van der Waals surface area contributed by atoms with Crippen LogP contribution in [0.2, 0.25) is 0 Å². The standard InChI is InChI=1S/C87H57BN8O2/c97-87(98-56-57-25-7-1-8-26-57)64-48-51-76-69(54-64)68-37-19-22-40-75(68)96(76)77-50-47-63(85-89-73(59-27-9-2-10-28-59)55-74(90-85)60-29-11-3-12-30-60)53-70(77)86-92-83(61-31-13-4-14-32-61)91-84(93-86)62-45-43-58(44-46-62)67-49-52-80-81-82(67)95(66-35-17-6-18-36-66)79-42-24-21-39-72(79)88(81)71-38-20-23-41-78(71)94(80)65-33-15-5-16-34-65/h1-55H,56H2. The Bertz CT molecular complexity index is 5650. The van der Waals surface area contributed by atoms with Crippen molar-refractivity contribution in [2.75, 3.05) is 9.80 Å². The third kappa shape index (κ3) is 10.2. The Morgan fingerprint density at radius 1 is 0.337 bits per heavy atom. The van der Waals surface area contributed by atoms with Crippen molar-refractivity contribution in [3.63, 3.8) is 0 Å². The SMILES string of the molecule is O=C(OCc1ccccc1)c1ccc2c(c1)c1ccccc1n2-c1ccc(-c2nc(-c3ccccc3)cc(-c3ccccc3)n2)cc1-c1nc(-c2ccccc2)nc(-c2ccc(-c3ccc4c5c3N(c3ccccc3)c3ccccc3B5c3ccccc3N4c3ccccc3)cc2)n1. The van der Waals surface area contributed by atoms with Crippen LogP contribution in [-0.2, 0) is 11.3 Å². The number of rotatable bonds is 13. The molecule has 0 bridgehead atoms. The first-order valence-corrected chi connectivity index (χ1v) is 32.9. The molecular weight excluding hydrogens is 1200 g/mol. The molecule has 18 rings (SSSR count). The van der Waals surface area contributed by atoms with Gasteiger partial charge in [0.05, 0.1) is 39.4 Å². The van der Waals surface area contributed by atoms with Crippen LogP contribution < -0.4 is 26.2 Å². The van der Waals surface area contributed by atoms with Crippen molar-refractivity contribution < 1.29 is 9.53 Å². The maximum absolute atomic E-state index is 13.9. The van der Waals surface area contributed by atoms with Crippen LogP contribution in [-0.4, -0.2) is 42.2 Å². The number of anilines is 6. The van der Waals surface area contributed by atoms with E-state index in [2.05, 4.69) is 221 Å². The van der Waals surface area contributed by atoms with Crippen LogP contribution in [0.15, 0.2) is 334 Å². The Morgan fingerprint density at radius 3 is 1.46 bits per heavy atom. The van der Waals surface area contributed by atoms with Crippen LogP contribution in [0, 0.1) is 0 Å². The minimum atomic E-state index is -0.406. The molecule has 2 aliphatic rings. The van der Waals surface area contributed by atoms with Gasteiger partial charge in [0.1, 0.15) is 6.61 Å². The van der Waals surface area contributed by atoms with Crippen LogP contribution in [0.25, 0.3) is 107 Å². The molecule has 0 amide bonds. The van der Waals surface area contributed by atoms with Gasteiger partial charge in [-0.15, -0.1) is 0 Å². The monoisotopic (exact) mass is 1260 g/mol. The lowest BCUT2D eigenvalue weighted by atomic mass is 9.33. The molecule has 98 heavy (non-hydrogen) atoms. The summed E-state index contributed by atoms with van der Waals surface area (Å²) >= 11 is 0. The summed E-state index contributed by atoms with van der Waals surface area (Å²) in [7, 11) is 0. The number of ether oxygens (including phenoxy) is 1. The summed E-state index contributed by atoms with van der Waals surface area (Å²) in [4.78, 5) is 45.9.